The highest BCUT2D eigenvalue weighted by Crippen LogP contribution is 2.30. The van der Waals surface area contributed by atoms with E-state index in [1.54, 1.807) is 41.7 Å². The van der Waals surface area contributed by atoms with Gasteiger partial charge < -0.3 is 10.1 Å². The Morgan fingerprint density at radius 3 is 2.63 bits per heavy atom. The van der Waals surface area contributed by atoms with Gasteiger partial charge in [0.25, 0.3) is 11.8 Å². The molecule has 156 valence electrons. The first kappa shape index (κ1) is 21.7. The highest BCUT2D eigenvalue weighted by molar-refractivity contribution is 7.16. The van der Waals surface area contributed by atoms with Crippen LogP contribution in [-0.4, -0.2) is 35.9 Å². The number of rotatable bonds is 9. The molecular formula is C21H21N3O4S2. The topological polar surface area (TPSA) is 97.4 Å². The molecule has 0 radical (unpaired) electrons. The summed E-state index contributed by atoms with van der Waals surface area (Å²) >= 11 is 3.21. The van der Waals surface area contributed by atoms with Gasteiger partial charge in [0, 0.05) is 28.8 Å². The first-order valence-corrected chi connectivity index (χ1v) is 11.0. The summed E-state index contributed by atoms with van der Waals surface area (Å²) in [6, 6.07) is 12.5. The van der Waals surface area contributed by atoms with Gasteiger partial charge in [-0.3, -0.25) is 19.7 Å². The number of hydrogen-bond donors (Lipinski definition) is 2. The quantitative estimate of drug-likeness (QED) is 0.385. The van der Waals surface area contributed by atoms with Crippen molar-refractivity contribution in [3.05, 3.63) is 58.3 Å². The molecule has 9 heteroatoms. The lowest BCUT2D eigenvalue weighted by molar-refractivity contribution is -0.148. The predicted octanol–water partition coefficient (Wildman–Crippen LogP) is 3.87. The second-order valence-corrected chi connectivity index (χ2v) is 8.53. The van der Waals surface area contributed by atoms with Crippen LogP contribution in [0.25, 0.3) is 10.6 Å². The zero-order valence-electron chi connectivity index (χ0n) is 16.3. The Labute approximate surface area is 182 Å². The summed E-state index contributed by atoms with van der Waals surface area (Å²) in [5.74, 6) is -1.68. The van der Waals surface area contributed by atoms with E-state index in [-0.39, 0.29) is 6.42 Å². The van der Waals surface area contributed by atoms with Crippen molar-refractivity contribution >= 4 is 45.6 Å². The molecule has 0 aliphatic rings. The van der Waals surface area contributed by atoms with Crippen molar-refractivity contribution in [3.63, 3.8) is 0 Å². The van der Waals surface area contributed by atoms with Crippen molar-refractivity contribution in [2.75, 3.05) is 18.5 Å². The Hall–Kier alpha value is -3.04. The van der Waals surface area contributed by atoms with Crippen molar-refractivity contribution in [1.29, 1.82) is 0 Å². The lowest BCUT2D eigenvalue weighted by Gasteiger charge is -2.06. The molecule has 7 nitrogen and oxygen atoms in total. The number of aryl methyl sites for hydroxylation is 1. The van der Waals surface area contributed by atoms with Crippen molar-refractivity contribution in [2.24, 2.45) is 0 Å². The summed E-state index contributed by atoms with van der Waals surface area (Å²) in [7, 11) is 0. The molecule has 0 atom stereocenters. The molecule has 3 aromatic rings. The normalized spacial score (nSPS) is 10.4. The highest BCUT2D eigenvalue weighted by atomic mass is 32.1. The van der Waals surface area contributed by atoms with E-state index in [9.17, 15) is 14.4 Å². The molecule has 1 aromatic carbocycles. The van der Waals surface area contributed by atoms with Gasteiger partial charge in [-0.15, -0.1) is 22.7 Å². The molecule has 3 rings (SSSR count). The van der Waals surface area contributed by atoms with Crippen LogP contribution in [0.4, 0.5) is 5.13 Å². The third kappa shape index (κ3) is 6.50. The van der Waals surface area contributed by atoms with Gasteiger partial charge >= 0.3 is 5.97 Å². The average molecular weight is 444 g/mol. The summed E-state index contributed by atoms with van der Waals surface area (Å²) in [5, 5.41) is 8.16. The Bertz CT molecular complexity index is 1010. The van der Waals surface area contributed by atoms with E-state index in [0.29, 0.717) is 18.5 Å². The lowest BCUT2D eigenvalue weighted by atomic mass is 10.2. The summed E-state index contributed by atoms with van der Waals surface area (Å²) < 4.78 is 4.91. The Balaban J connectivity index is 1.31. The molecule has 0 spiro atoms. The van der Waals surface area contributed by atoms with Crippen LogP contribution in [0.5, 0.6) is 0 Å². The monoisotopic (exact) mass is 443 g/mol. The number of thiazole rings is 1. The maximum atomic E-state index is 11.9. The fraction of sp³-hybridized carbons (Fsp3) is 0.238. The molecule has 2 aromatic heterocycles. The van der Waals surface area contributed by atoms with Crippen molar-refractivity contribution < 1.29 is 19.1 Å². The van der Waals surface area contributed by atoms with Gasteiger partial charge in [-0.1, -0.05) is 18.2 Å². The predicted molar refractivity (Wildman–Crippen MR) is 118 cm³/mol. The number of aromatic nitrogens is 1. The van der Waals surface area contributed by atoms with Crippen molar-refractivity contribution in [2.45, 2.75) is 19.8 Å². The molecule has 30 heavy (non-hydrogen) atoms. The number of imide groups is 1. The molecule has 2 amide bonds. The molecule has 0 saturated heterocycles. The van der Waals surface area contributed by atoms with E-state index in [1.165, 1.54) is 16.2 Å². The maximum Gasteiger partial charge on any atom is 0.306 e. The molecule has 2 N–H and O–H groups in total. The number of carbonyl (C=O) groups is 3. The molecule has 0 fully saturated rings. The second kappa shape index (κ2) is 10.7. The number of benzene rings is 1. The summed E-state index contributed by atoms with van der Waals surface area (Å²) in [6.45, 7) is 2.13. The fourth-order valence-electron chi connectivity index (χ4n) is 2.51. The molecular weight excluding hydrogens is 422 g/mol. The number of hydrogen-bond acceptors (Lipinski definition) is 8. The van der Waals surface area contributed by atoms with Gasteiger partial charge in [0.15, 0.2) is 11.7 Å². The number of nitrogens with one attached hydrogen (secondary N) is 2. The minimum Gasteiger partial charge on any atom is -0.456 e. The van der Waals surface area contributed by atoms with Gasteiger partial charge in [0.2, 0.25) is 0 Å². The summed E-state index contributed by atoms with van der Waals surface area (Å²) in [6.07, 6.45) is 0.700. The van der Waals surface area contributed by atoms with Crippen LogP contribution in [0.3, 0.4) is 0 Å². The average Bonchev–Trinajstić information content (AvgIpc) is 3.39. The number of carbonyl (C=O) groups excluding carboxylic acids is 3. The lowest BCUT2D eigenvalue weighted by Crippen LogP contribution is -2.34. The largest absolute Gasteiger partial charge is 0.456 e. The SMILES string of the molecule is Cc1ccc(-c2csc(NCCCC(=O)OCC(=O)NC(=O)c3ccccc3)n2)s1. The third-order valence-electron chi connectivity index (χ3n) is 3.98. The third-order valence-corrected chi connectivity index (χ3v) is 5.81. The van der Waals surface area contributed by atoms with Crippen LogP contribution in [0.15, 0.2) is 47.8 Å². The van der Waals surface area contributed by atoms with Crippen molar-refractivity contribution in [3.8, 4) is 10.6 Å². The standard InChI is InChI=1S/C21H21N3O4S2/c1-14-9-10-17(30-14)16-13-29-21(23-16)22-11-5-8-19(26)28-12-18(25)24-20(27)15-6-3-2-4-7-15/h2-4,6-7,9-10,13H,5,8,11-12H2,1H3,(H,22,23)(H,24,25,27). The fourth-order valence-corrected chi connectivity index (χ4v) is 4.15. The zero-order valence-corrected chi connectivity index (χ0v) is 18.0. The summed E-state index contributed by atoms with van der Waals surface area (Å²) in [5.41, 5.74) is 1.30. The van der Waals surface area contributed by atoms with E-state index in [0.717, 1.165) is 15.7 Å². The van der Waals surface area contributed by atoms with E-state index < -0.39 is 24.4 Å². The molecule has 2 heterocycles. The van der Waals surface area contributed by atoms with Crippen LogP contribution in [0, 0.1) is 6.92 Å². The van der Waals surface area contributed by atoms with Gasteiger partial charge in [-0.25, -0.2) is 4.98 Å². The highest BCUT2D eigenvalue weighted by Gasteiger charge is 2.12. The number of thiophene rings is 1. The van der Waals surface area contributed by atoms with Crippen LogP contribution in [0.1, 0.15) is 28.1 Å². The van der Waals surface area contributed by atoms with Crippen LogP contribution in [0.2, 0.25) is 0 Å². The number of anilines is 1. The van der Waals surface area contributed by atoms with Crippen LogP contribution < -0.4 is 10.6 Å². The Morgan fingerprint density at radius 2 is 1.90 bits per heavy atom. The Kier molecular flexibility index (Phi) is 7.69. The maximum absolute atomic E-state index is 11.9. The van der Waals surface area contributed by atoms with Crippen LogP contribution in [-0.2, 0) is 14.3 Å². The van der Waals surface area contributed by atoms with Gasteiger partial charge in [0.1, 0.15) is 0 Å². The molecule has 0 unspecified atom stereocenters. The second-order valence-electron chi connectivity index (χ2n) is 6.38. The van der Waals surface area contributed by atoms with E-state index >= 15 is 0 Å². The molecule has 0 bridgehead atoms. The molecule has 0 saturated carbocycles. The minimum absolute atomic E-state index is 0.162. The minimum atomic E-state index is -0.658. The number of nitrogens with zero attached hydrogens (tertiary/aromatic N) is 1. The summed E-state index contributed by atoms with van der Waals surface area (Å²) in [4.78, 5) is 42.3. The first-order valence-electron chi connectivity index (χ1n) is 9.32. The van der Waals surface area contributed by atoms with Crippen LogP contribution >= 0.6 is 22.7 Å². The van der Waals surface area contributed by atoms with Crippen molar-refractivity contribution in [1.82, 2.24) is 10.3 Å². The van der Waals surface area contributed by atoms with Gasteiger partial charge in [-0.2, -0.15) is 0 Å². The van der Waals surface area contributed by atoms with Gasteiger partial charge in [0.05, 0.1) is 10.6 Å². The van der Waals surface area contributed by atoms with E-state index in [2.05, 4.69) is 34.7 Å². The van der Waals surface area contributed by atoms with E-state index in [1.807, 2.05) is 5.38 Å². The number of amides is 2. The number of ether oxygens (including phenoxy) is 1. The van der Waals surface area contributed by atoms with Gasteiger partial charge in [-0.05, 0) is 37.6 Å². The Morgan fingerprint density at radius 1 is 1.10 bits per heavy atom. The zero-order chi connectivity index (χ0) is 21.3. The molecule has 0 aliphatic heterocycles. The first-order chi connectivity index (χ1) is 14.5. The van der Waals surface area contributed by atoms with E-state index in [4.69, 9.17) is 4.74 Å². The smallest absolute Gasteiger partial charge is 0.306 e. The molecule has 0 aliphatic carbocycles. The number of esters is 1.